The highest BCUT2D eigenvalue weighted by Crippen LogP contribution is 2.36. The molecular formula is C29H21N5OS. The van der Waals surface area contributed by atoms with Gasteiger partial charge in [-0.1, -0.05) is 90.2 Å². The summed E-state index contributed by atoms with van der Waals surface area (Å²) in [5, 5.41) is 16.1. The first-order chi connectivity index (χ1) is 17.8. The number of fused-ring (bicyclic) bond motifs is 1. The van der Waals surface area contributed by atoms with Crippen molar-refractivity contribution in [3.63, 3.8) is 0 Å². The summed E-state index contributed by atoms with van der Waals surface area (Å²) in [6.45, 7) is 0. The molecule has 0 atom stereocenters. The van der Waals surface area contributed by atoms with Gasteiger partial charge in [0.1, 0.15) is 11.6 Å². The molecule has 6 aromatic rings. The molecule has 6 nitrogen and oxygen atoms in total. The average Bonchev–Trinajstić information content (AvgIpc) is 3.55. The quantitative estimate of drug-likeness (QED) is 0.172. The number of para-hydroxylation sites is 2. The molecule has 0 aliphatic rings. The Hall–Kier alpha value is -4.75. The first kappa shape index (κ1) is 21.8. The number of hydrogen-bond acceptors (Lipinski definition) is 6. The Kier molecular flexibility index (Phi) is 5.73. The monoisotopic (exact) mass is 487 g/mol. The van der Waals surface area contributed by atoms with Gasteiger partial charge in [0.05, 0.1) is 33.4 Å². The molecule has 0 spiro atoms. The first-order valence-corrected chi connectivity index (χ1v) is 12.3. The molecule has 0 unspecified atom stereocenters. The van der Waals surface area contributed by atoms with Gasteiger partial charge in [0.15, 0.2) is 0 Å². The van der Waals surface area contributed by atoms with Gasteiger partial charge in [-0.15, -0.1) is 0 Å². The Labute approximate surface area is 211 Å². The summed E-state index contributed by atoms with van der Waals surface area (Å²) >= 11 is 1.52. The largest absolute Gasteiger partial charge is 0.506 e. The van der Waals surface area contributed by atoms with E-state index in [0.717, 1.165) is 32.7 Å². The molecule has 0 aliphatic heterocycles. The lowest BCUT2D eigenvalue weighted by Gasteiger charge is -2.04. The van der Waals surface area contributed by atoms with Crippen LogP contribution in [-0.2, 0) is 0 Å². The van der Waals surface area contributed by atoms with Crippen molar-refractivity contribution in [3.05, 3.63) is 109 Å². The summed E-state index contributed by atoms with van der Waals surface area (Å²) in [5.41, 5.74) is 8.79. The topological polar surface area (TPSA) is 86.2 Å². The predicted octanol–water partition coefficient (Wildman–Crippen LogP) is 7.17. The van der Waals surface area contributed by atoms with E-state index in [1.54, 1.807) is 6.21 Å². The zero-order valence-electron chi connectivity index (χ0n) is 19.1. The molecule has 4 aromatic carbocycles. The molecule has 0 saturated heterocycles. The standard InChI is InChI=1S/C29H21N5OS/c35-27-21(18-30-34-29-31-23-16-7-8-17-24(23)36-29)14-9-15-22(27)28-32-25(19-10-3-1-4-11-19)26(33-28)20-12-5-2-6-13-20/h1-18,35H,(H,31,34)(H,32,33). The Morgan fingerprint density at radius 3 is 2.28 bits per heavy atom. The molecule has 0 fully saturated rings. The van der Waals surface area contributed by atoms with Gasteiger partial charge in [0.2, 0.25) is 5.13 Å². The number of H-pyrrole nitrogens is 1. The molecular weight excluding hydrogens is 466 g/mol. The van der Waals surface area contributed by atoms with Crippen molar-refractivity contribution in [2.45, 2.75) is 0 Å². The van der Waals surface area contributed by atoms with Crippen molar-refractivity contribution in [2.24, 2.45) is 5.10 Å². The zero-order valence-corrected chi connectivity index (χ0v) is 19.9. The Bertz CT molecular complexity index is 1580. The third-order valence-electron chi connectivity index (χ3n) is 5.79. The maximum absolute atomic E-state index is 11.1. The highest BCUT2D eigenvalue weighted by molar-refractivity contribution is 7.22. The van der Waals surface area contributed by atoms with Gasteiger partial charge >= 0.3 is 0 Å². The van der Waals surface area contributed by atoms with Gasteiger partial charge < -0.3 is 10.1 Å². The number of imidazole rings is 1. The van der Waals surface area contributed by atoms with Crippen LogP contribution in [0.2, 0.25) is 0 Å². The maximum atomic E-state index is 11.1. The van der Waals surface area contributed by atoms with Crippen molar-refractivity contribution < 1.29 is 5.11 Å². The van der Waals surface area contributed by atoms with E-state index in [-0.39, 0.29) is 5.75 Å². The lowest BCUT2D eigenvalue weighted by molar-refractivity contribution is 0.476. The van der Waals surface area contributed by atoms with Gasteiger partial charge in [-0.05, 0) is 24.3 Å². The minimum Gasteiger partial charge on any atom is -0.506 e. The van der Waals surface area contributed by atoms with Gasteiger partial charge in [0.25, 0.3) is 0 Å². The predicted molar refractivity (Wildman–Crippen MR) is 147 cm³/mol. The number of aromatic hydroxyl groups is 1. The smallest absolute Gasteiger partial charge is 0.204 e. The molecule has 2 aromatic heterocycles. The van der Waals surface area contributed by atoms with Crippen LogP contribution >= 0.6 is 11.3 Å². The van der Waals surface area contributed by atoms with Crippen LogP contribution in [0.25, 0.3) is 44.1 Å². The summed E-state index contributed by atoms with van der Waals surface area (Å²) in [7, 11) is 0. The second kappa shape index (κ2) is 9.48. The van der Waals surface area contributed by atoms with Crippen molar-refractivity contribution in [3.8, 4) is 39.7 Å². The van der Waals surface area contributed by atoms with E-state index in [9.17, 15) is 5.11 Å². The molecule has 2 heterocycles. The Morgan fingerprint density at radius 2 is 1.50 bits per heavy atom. The average molecular weight is 488 g/mol. The van der Waals surface area contributed by atoms with Gasteiger partial charge in [-0.25, -0.2) is 9.97 Å². The maximum Gasteiger partial charge on any atom is 0.204 e. The highest BCUT2D eigenvalue weighted by atomic mass is 32.1. The van der Waals surface area contributed by atoms with Gasteiger partial charge in [-0.3, -0.25) is 5.43 Å². The highest BCUT2D eigenvalue weighted by Gasteiger charge is 2.18. The van der Waals surface area contributed by atoms with Crippen molar-refractivity contribution in [1.29, 1.82) is 0 Å². The first-order valence-electron chi connectivity index (χ1n) is 11.4. The molecule has 0 radical (unpaired) electrons. The molecule has 174 valence electrons. The van der Waals surface area contributed by atoms with E-state index in [1.807, 2.05) is 103 Å². The molecule has 0 aliphatic carbocycles. The number of phenols is 1. The molecule has 0 saturated carbocycles. The fraction of sp³-hybridized carbons (Fsp3) is 0. The second-order valence-corrected chi connectivity index (χ2v) is 9.17. The molecule has 0 bridgehead atoms. The fourth-order valence-electron chi connectivity index (χ4n) is 4.05. The Balaban J connectivity index is 1.34. The van der Waals surface area contributed by atoms with Crippen LogP contribution in [0.3, 0.4) is 0 Å². The number of anilines is 1. The van der Waals surface area contributed by atoms with E-state index in [0.29, 0.717) is 22.1 Å². The number of nitrogens with zero attached hydrogens (tertiary/aromatic N) is 3. The number of aromatic nitrogens is 3. The number of nitrogens with one attached hydrogen (secondary N) is 2. The van der Waals surface area contributed by atoms with E-state index in [1.165, 1.54) is 11.3 Å². The zero-order chi connectivity index (χ0) is 24.3. The third kappa shape index (κ3) is 4.23. The normalized spacial score (nSPS) is 11.3. The number of thiazole rings is 1. The van der Waals surface area contributed by atoms with Gasteiger partial charge in [-0.2, -0.15) is 5.10 Å². The van der Waals surface area contributed by atoms with Crippen LogP contribution < -0.4 is 5.43 Å². The molecule has 0 amide bonds. The second-order valence-electron chi connectivity index (χ2n) is 8.14. The lowest BCUT2D eigenvalue weighted by Crippen LogP contribution is -1.92. The summed E-state index contributed by atoms with van der Waals surface area (Å²) in [5.74, 6) is 0.680. The number of phenolic OH excluding ortho intramolecular Hbond substituents is 1. The minimum absolute atomic E-state index is 0.0975. The molecule has 6 rings (SSSR count). The van der Waals surface area contributed by atoms with Crippen LogP contribution in [0.4, 0.5) is 5.13 Å². The van der Waals surface area contributed by atoms with Crippen LogP contribution in [0.1, 0.15) is 5.56 Å². The Morgan fingerprint density at radius 1 is 0.778 bits per heavy atom. The number of hydrogen-bond donors (Lipinski definition) is 3. The van der Waals surface area contributed by atoms with E-state index < -0.39 is 0 Å². The lowest BCUT2D eigenvalue weighted by atomic mass is 10.1. The summed E-state index contributed by atoms with van der Waals surface area (Å²) < 4.78 is 1.08. The third-order valence-corrected chi connectivity index (χ3v) is 6.73. The van der Waals surface area contributed by atoms with Crippen molar-refractivity contribution in [1.82, 2.24) is 15.0 Å². The van der Waals surface area contributed by atoms with E-state index in [2.05, 4.69) is 20.5 Å². The number of aromatic amines is 1. The summed E-state index contributed by atoms with van der Waals surface area (Å²) in [6, 6.07) is 33.5. The van der Waals surface area contributed by atoms with Crippen LogP contribution in [-0.4, -0.2) is 26.3 Å². The fourth-order valence-corrected chi connectivity index (χ4v) is 4.87. The van der Waals surface area contributed by atoms with Crippen LogP contribution in [0, 0.1) is 0 Å². The SMILES string of the molecule is Oc1c(C=NNc2nc3ccccc3s2)cccc1-c1nc(-c2ccccc2)c(-c2ccccc2)[nH]1. The van der Waals surface area contributed by atoms with E-state index >= 15 is 0 Å². The summed E-state index contributed by atoms with van der Waals surface area (Å²) in [6.07, 6.45) is 1.59. The molecule has 7 heteroatoms. The molecule has 3 N–H and O–H groups in total. The minimum atomic E-state index is 0.0975. The van der Waals surface area contributed by atoms with E-state index in [4.69, 9.17) is 4.98 Å². The number of rotatable bonds is 6. The van der Waals surface area contributed by atoms with Gasteiger partial charge in [0, 0.05) is 16.7 Å². The van der Waals surface area contributed by atoms with Crippen LogP contribution in [0.15, 0.2) is 108 Å². The number of hydrazone groups is 1. The van der Waals surface area contributed by atoms with Crippen molar-refractivity contribution in [2.75, 3.05) is 5.43 Å². The molecule has 36 heavy (non-hydrogen) atoms. The number of benzene rings is 4. The van der Waals surface area contributed by atoms with Crippen molar-refractivity contribution >= 4 is 32.9 Å². The van der Waals surface area contributed by atoms with Crippen LogP contribution in [0.5, 0.6) is 5.75 Å². The summed E-state index contributed by atoms with van der Waals surface area (Å²) in [4.78, 5) is 12.9.